The molecule has 1 rings (SSSR count). The maximum Gasteiger partial charge on any atom is 0.115 e. The third-order valence-corrected chi connectivity index (χ3v) is 2.27. The Morgan fingerprint density at radius 1 is 1.27 bits per heavy atom. The van der Waals surface area contributed by atoms with Gasteiger partial charge in [-0.15, -0.1) is 0 Å². The summed E-state index contributed by atoms with van der Waals surface area (Å²) in [7, 11) is 0. The van der Waals surface area contributed by atoms with E-state index in [1.165, 1.54) is 5.56 Å². The normalized spacial score (nSPS) is 12.7. The van der Waals surface area contributed by atoms with E-state index in [1.54, 1.807) is 12.1 Å². The van der Waals surface area contributed by atoms with Crippen LogP contribution < -0.4 is 0 Å². The number of ether oxygens (including phenoxy) is 1. The van der Waals surface area contributed by atoms with Gasteiger partial charge in [0.1, 0.15) is 5.75 Å². The van der Waals surface area contributed by atoms with E-state index in [9.17, 15) is 0 Å². The molecule has 0 aliphatic carbocycles. The number of rotatable bonds is 6. The molecule has 0 spiro atoms. The van der Waals surface area contributed by atoms with Crippen molar-refractivity contribution in [2.24, 2.45) is 5.92 Å². The van der Waals surface area contributed by atoms with Gasteiger partial charge in [0.15, 0.2) is 0 Å². The first kappa shape index (κ1) is 12.1. The number of phenolic OH excluding ortho intramolecular Hbond substituents is 1. The molecule has 0 fully saturated rings. The van der Waals surface area contributed by atoms with E-state index in [-0.39, 0.29) is 0 Å². The quantitative estimate of drug-likeness (QED) is 0.728. The van der Waals surface area contributed by atoms with Crippen molar-refractivity contribution in [2.75, 3.05) is 13.2 Å². The van der Waals surface area contributed by atoms with E-state index >= 15 is 0 Å². The van der Waals surface area contributed by atoms with Crippen LogP contribution in [0.1, 0.15) is 25.8 Å². The van der Waals surface area contributed by atoms with Crippen molar-refractivity contribution >= 4 is 0 Å². The second-order valence-electron chi connectivity index (χ2n) is 4.05. The maximum atomic E-state index is 9.14. The Hall–Kier alpha value is -1.02. The van der Waals surface area contributed by atoms with Gasteiger partial charge in [-0.3, -0.25) is 0 Å². The van der Waals surface area contributed by atoms with Crippen LogP contribution in [0.4, 0.5) is 0 Å². The molecule has 0 aliphatic rings. The molecular formula is C13H20O2. The standard InChI is InChI=1S/C13H20O2/c1-3-8-15-10-11(2)9-12-4-6-13(14)7-5-12/h4-7,11,14H,3,8-10H2,1-2H3. The van der Waals surface area contributed by atoms with Crippen LogP contribution in [0.15, 0.2) is 24.3 Å². The van der Waals surface area contributed by atoms with Crippen molar-refractivity contribution in [3.8, 4) is 5.75 Å². The van der Waals surface area contributed by atoms with Gasteiger partial charge >= 0.3 is 0 Å². The fourth-order valence-corrected chi connectivity index (χ4v) is 1.52. The third-order valence-electron chi connectivity index (χ3n) is 2.27. The van der Waals surface area contributed by atoms with Gasteiger partial charge in [-0.05, 0) is 36.5 Å². The smallest absolute Gasteiger partial charge is 0.115 e. The summed E-state index contributed by atoms with van der Waals surface area (Å²) in [4.78, 5) is 0. The van der Waals surface area contributed by atoms with E-state index < -0.39 is 0 Å². The average Bonchev–Trinajstić information content (AvgIpc) is 2.22. The molecule has 0 saturated heterocycles. The number of aromatic hydroxyl groups is 1. The molecule has 2 nitrogen and oxygen atoms in total. The van der Waals surface area contributed by atoms with Gasteiger partial charge in [-0.1, -0.05) is 26.0 Å². The molecule has 1 N–H and O–H groups in total. The molecule has 0 aromatic heterocycles. The highest BCUT2D eigenvalue weighted by molar-refractivity contribution is 5.26. The van der Waals surface area contributed by atoms with Crippen LogP contribution in [0.25, 0.3) is 0 Å². The highest BCUT2D eigenvalue weighted by atomic mass is 16.5. The van der Waals surface area contributed by atoms with E-state index in [2.05, 4.69) is 13.8 Å². The molecule has 0 amide bonds. The fourth-order valence-electron chi connectivity index (χ4n) is 1.52. The van der Waals surface area contributed by atoms with Crippen molar-refractivity contribution in [1.29, 1.82) is 0 Å². The monoisotopic (exact) mass is 208 g/mol. The predicted molar refractivity (Wildman–Crippen MR) is 62.1 cm³/mol. The van der Waals surface area contributed by atoms with Crippen LogP contribution in [0, 0.1) is 5.92 Å². The van der Waals surface area contributed by atoms with Gasteiger partial charge in [0.05, 0.1) is 0 Å². The van der Waals surface area contributed by atoms with Crippen molar-refractivity contribution in [2.45, 2.75) is 26.7 Å². The lowest BCUT2D eigenvalue weighted by atomic mass is 10.0. The van der Waals surface area contributed by atoms with Crippen LogP contribution in [-0.2, 0) is 11.2 Å². The van der Waals surface area contributed by atoms with Crippen LogP contribution in [0.2, 0.25) is 0 Å². The van der Waals surface area contributed by atoms with E-state index in [1.807, 2.05) is 12.1 Å². The molecule has 1 aromatic carbocycles. The van der Waals surface area contributed by atoms with Crippen molar-refractivity contribution in [1.82, 2.24) is 0 Å². The predicted octanol–water partition coefficient (Wildman–Crippen LogP) is 3.00. The average molecular weight is 208 g/mol. The molecule has 2 heteroatoms. The minimum atomic E-state index is 0.327. The number of benzene rings is 1. The van der Waals surface area contributed by atoms with Crippen LogP contribution in [0.5, 0.6) is 5.75 Å². The summed E-state index contributed by atoms with van der Waals surface area (Å²) >= 11 is 0. The Labute approximate surface area is 91.9 Å². The Morgan fingerprint density at radius 2 is 1.93 bits per heavy atom. The molecule has 0 saturated carbocycles. The molecular weight excluding hydrogens is 188 g/mol. The highest BCUT2D eigenvalue weighted by Gasteiger charge is 2.03. The zero-order chi connectivity index (χ0) is 11.1. The Balaban J connectivity index is 2.31. The molecule has 84 valence electrons. The van der Waals surface area contributed by atoms with Gasteiger partial charge < -0.3 is 9.84 Å². The van der Waals surface area contributed by atoms with E-state index in [0.717, 1.165) is 26.1 Å². The first-order chi connectivity index (χ1) is 7.22. The topological polar surface area (TPSA) is 29.5 Å². The molecule has 0 heterocycles. The maximum absolute atomic E-state index is 9.14. The fraction of sp³-hybridized carbons (Fsp3) is 0.538. The Morgan fingerprint density at radius 3 is 2.53 bits per heavy atom. The minimum absolute atomic E-state index is 0.327. The third kappa shape index (κ3) is 4.84. The van der Waals surface area contributed by atoms with Gasteiger partial charge in [0, 0.05) is 13.2 Å². The number of hydrogen-bond acceptors (Lipinski definition) is 2. The molecule has 0 aliphatic heterocycles. The zero-order valence-electron chi connectivity index (χ0n) is 9.57. The van der Waals surface area contributed by atoms with Gasteiger partial charge in [-0.25, -0.2) is 0 Å². The second-order valence-corrected chi connectivity index (χ2v) is 4.05. The lowest BCUT2D eigenvalue weighted by Gasteiger charge is -2.11. The summed E-state index contributed by atoms with van der Waals surface area (Å²) in [5.41, 5.74) is 1.25. The number of phenols is 1. The van der Waals surface area contributed by atoms with Gasteiger partial charge in [0.25, 0.3) is 0 Å². The van der Waals surface area contributed by atoms with Gasteiger partial charge in [-0.2, -0.15) is 0 Å². The Kier molecular flexibility index (Phi) is 5.19. The number of hydrogen-bond donors (Lipinski definition) is 1. The summed E-state index contributed by atoms with van der Waals surface area (Å²) < 4.78 is 5.49. The summed E-state index contributed by atoms with van der Waals surface area (Å²) in [5, 5.41) is 9.14. The molecule has 1 atom stereocenters. The lowest BCUT2D eigenvalue weighted by Crippen LogP contribution is -2.09. The van der Waals surface area contributed by atoms with Crippen molar-refractivity contribution < 1.29 is 9.84 Å². The summed E-state index contributed by atoms with van der Waals surface area (Å²) in [6.07, 6.45) is 2.08. The van der Waals surface area contributed by atoms with E-state index in [4.69, 9.17) is 9.84 Å². The summed E-state index contributed by atoms with van der Waals surface area (Å²) in [5.74, 6) is 0.856. The molecule has 1 unspecified atom stereocenters. The zero-order valence-corrected chi connectivity index (χ0v) is 9.57. The van der Waals surface area contributed by atoms with Crippen molar-refractivity contribution in [3.05, 3.63) is 29.8 Å². The van der Waals surface area contributed by atoms with Crippen LogP contribution in [-0.4, -0.2) is 18.3 Å². The van der Waals surface area contributed by atoms with Crippen LogP contribution >= 0.6 is 0 Å². The summed E-state index contributed by atoms with van der Waals surface area (Å²) in [6, 6.07) is 7.39. The van der Waals surface area contributed by atoms with E-state index in [0.29, 0.717) is 11.7 Å². The molecule has 1 aromatic rings. The second kappa shape index (κ2) is 6.46. The Bertz CT molecular complexity index is 266. The molecule has 0 radical (unpaired) electrons. The molecule has 15 heavy (non-hydrogen) atoms. The first-order valence-corrected chi connectivity index (χ1v) is 5.58. The van der Waals surface area contributed by atoms with Crippen LogP contribution in [0.3, 0.4) is 0 Å². The first-order valence-electron chi connectivity index (χ1n) is 5.58. The molecule has 0 bridgehead atoms. The van der Waals surface area contributed by atoms with Crippen molar-refractivity contribution in [3.63, 3.8) is 0 Å². The largest absolute Gasteiger partial charge is 0.508 e. The van der Waals surface area contributed by atoms with Gasteiger partial charge in [0.2, 0.25) is 0 Å². The SMILES string of the molecule is CCCOCC(C)Cc1ccc(O)cc1. The lowest BCUT2D eigenvalue weighted by molar-refractivity contribution is 0.105. The minimum Gasteiger partial charge on any atom is -0.508 e. The highest BCUT2D eigenvalue weighted by Crippen LogP contribution is 2.13. The summed E-state index contributed by atoms with van der Waals surface area (Å²) in [6.45, 7) is 5.96.